The molecule has 0 aliphatic carbocycles. The molecule has 1 aliphatic rings. The molecular weight excluding hydrogens is 450 g/mol. The fourth-order valence-electron chi connectivity index (χ4n) is 3.61. The molecule has 0 atom stereocenters. The molecule has 3 rings (SSSR count). The normalized spacial score (nSPS) is 14.5. The smallest absolute Gasteiger partial charge is 0.341 e. The second-order valence-corrected chi connectivity index (χ2v) is 9.47. The van der Waals surface area contributed by atoms with Gasteiger partial charge in [0.15, 0.2) is 0 Å². The third-order valence-electron chi connectivity index (χ3n) is 5.21. The van der Waals surface area contributed by atoms with Gasteiger partial charge in [-0.15, -0.1) is 11.3 Å². The highest BCUT2D eigenvalue weighted by molar-refractivity contribution is 7.21. The van der Waals surface area contributed by atoms with Crippen LogP contribution in [0.1, 0.15) is 31.1 Å². The maximum atomic E-state index is 12.8. The summed E-state index contributed by atoms with van der Waals surface area (Å²) in [5, 5.41) is 3.23. The van der Waals surface area contributed by atoms with E-state index < -0.39 is 5.97 Å². The first kappa shape index (κ1) is 24.2. The van der Waals surface area contributed by atoms with E-state index in [4.69, 9.17) is 16.3 Å². The molecule has 1 saturated heterocycles. The number of ether oxygens (including phenoxy) is 1. The van der Waals surface area contributed by atoms with Crippen molar-refractivity contribution >= 4 is 45.7 Å². The topological polar surface area (TPSA) is 79.0 Å². The first-order chi connectivity index (χ1) is 15.3. The minimum absolute atomic E-state index is 0.0338. The zero-order chi connectivity index (χ0) is 23.3. The molecule has 7 nitrogen and oxygen atoms in total. The molecule has 2 amide bonds. The molecule has 1 N–H and O–H groups in total. The van der Waals surface area contributed by atoms with Crippen molar-refractivity contribution in [3.8, 4) is 11.1 Å². The van der Waals surface area contributed by atoms with Crippen molar-refractivity contribution in [2.45, 2.75) is 20.8 Å². The fraction of sp³-hybridized carbons (Fsp3) is 0.435. The quantitative estimate of drug-likeness (QED) is 0.610. The van der Waals surface area contributed by atoms with Gasteiger partial charge in [0.2, 0.25) is 11.8 Å². The van der Waals surface area contributed by atoms with Gasteiger partial charge in [-0.2, -0.15) is 0 Å². The van der Waals surface area contributed by atoms with Crippen LogP contribution < -0.4 is 5.32 Å². The Bertz CT molecular complexity index is 969. The van der Waals surface area contributed by atoms with Gasteiger partial charge in [0.25, 0.3) is 0 Å². The van der Waals surface area contributed by atoms with Crippen molar-refractivity contribution in [2.24, 2.45) is 5.92 Å². The Morgan fingerprint density at radius 1 is 1.12 bits per heavy atom. The van der Waals surface area contributed by atoms with Gasteiger partial charge in [0.05, 0.1) is 13.2 Å². The number of nitrogens with zero attached hydrogens (tertiary/aromatic N) is 2. The highest BCUT2D eigenvalue weighted by atomic mass is 35.5. The second kappa shape index (κ2) is 10.9. The molecule has 0 bridgehead atoms. The average Bonchev–Trinajstić information content (AvgIpc) is 3.09. The summed E-state index contributed by atoms with van der Waals surface area (Å²) in [5.41, 5.74) is 1.61. The van der Waals surface area contributed by atoms with E-state index in [1.165, 1.54) is 0 Å². The number of carbonyl (C=O) groups excluding carboxylic acids is 3. The number of rotatable bonds is 7. The van der Waals surface area contributed by atoms with Gasteiger partial charge in [-0.05, 0) is 12.5 Å². The lowest BCUT2D eigenvalue weighted by atomic mass is 10.0. The van der Waals surface area contributed by atoms with Crippen molar-refractivity contribution < 1.29 is 19.1 Å². The van der Waals surface area contributed by atoms with Gasteiger partial charge in [-0.3, -0.25) is 14.5 Å². The Morgan fingerprint density at radius 3 is 2.38 bits per heavy atom. The number of nitrogens with one attached hydrogen (secondary N) is 1. The summed E-state index contributed by atoms with van der Waals surface area (Å²) < 4.78 is 5.65. The molecule has 0 saturated carbocycles. The highest BCUT2D eigenvalue weighted by Gasteiger charge is 2.28. The molecule has 1 aliphatic heterocycles. The molecule has 0 spiro atoms. The summed E-state index contributed by atoms with van der Waals surface area (Å²) in [6.45, 7) is 8.33. The predicted molar refractivity (Wildman–Crippen MR) is 127 cm³/mol. The van der Waals surface area contributed by atoms with E-state index in [0.717, 1.165) is 16.9 Å². The SMILES string of the molecule is CCOC(=O)c1c(NC(=O)CN2CCN(C(=O)C(C)C)CC2)sc(Cl)c1-c1ccccc1. The first-order valence-electron chi connectivity index (χ1n) is 10.7. The Labute approximate surface area is 197 Å². The molecule has 0 radical (unpaired) electrons. The second-order valence-electron chi connectivity index (χ2n) is 7.85. The van der Waals surface area contributed by atoms with Crippen LogP contribution in [0.5, 0.6) is 0 Å². The van der Waals surface area contributed by atoms with Crippen LogP contribution in [-0.4, -0.2) is 66.9 Å². The highest BCUT2D eigenvalue weighted by Crippen LogP contribution is 2.43. The number of carbonyl (C=O) groups is 3. The van der Waals surface area contributed by atoms with E-state index in [1.807, 2.05) is 54.0 Å². The number of benzene rings is 1. The van der Waals surface area contributed by atoms with Crippen LogP contribution >= 0.6 is 22.9 Å². The van der Waals surface area contributed by atoms with Gasteiger partial charge in [0.1, 0.15) is 14.9 Å². The van der Waals surface area contributed by atoms with E-state index in [1.54, 1.807) is 6.92 Å². The van der Waals surface area contributed by atoms with Crippen LogP contribution in [0.4, 0.5) is 5.00 Å². The monoisotopic (exact) mass is 477 g/mol. The summed E-state index contributed by atoms with van der Waals surface area (Å²) in [4.78, 5) is 41.5. The summed E-state index contributed by atoms with van der Waals surface area (Å²) in [5.74, 6) is -0.661. The van der Waals surface area contributed by atoms with Gasteiger partial charge in [-0.1, -0.05) is 55.8 Å². The number of thiophene rings is 1. The lowest BCUT2D eigenvalue weighted by Gasteiger charge is -2.35. The van der Waals surface area contributed by atoms with Crippen molar-refractivity contribution in [1.29, 1.82) is 0 Å². The number of esters is 1. The van der Waals surface area contributed by atoms with Crippen LogP contribution in [0.15, 0.2) is 30.3 Å². The lowest BCUT2D eigenvalue weighted by Crippen LogP contribution is -2.51. The van der Waals surface area contributed by atoms with Crippen molar-refractivity contribution in [2.75, 3.05) is 44.6 Å². The molecule has 1 fully saturated rings. The van der Waals surface area contributed by atoms with E-state index in [9.17, 15) is 14.4 Å². The van der Waals surface area contributed by atoms with Crippen LogP contribution in [-0.2, 0) is 14.3 Å². The minimum Gasteiger partial charge on any atom is -0.462 e. The van der Waals surface area contributed by atoms with Gasteiger partial charge in [-0.25, -0.2) is 4.79 Å². The third kappa shape index (κ3) is 5.68. The predicted octanol–water partition coefficient (Wildman–Crippen LogP) is 3.98. The van der Waals surface area contributed by atoms with Crippen LogP contribution in [0, 0.1) is 5.92 Å². The van der Waals surface area contributed by atoms with Crippen LogP contribution in [0.3, 0.4) is 0 Å². The molecule has 2 aromatic rings. The number of halogens is 1. The molecule has 32 heavy (non-hydrogen) atoms. The number of amides is 2. The van der Waals surface area contributed by atoms with E-state index in [-0.39, 0.29) is 36.4 Å². The molecule has 172 valence electrons. The van der Waals surface area contributed by atoms with Crippen molar-refractivity contribution in [1.82, 2.24) is 9.80 Å². The largest absolute Gasteiger partial charge is 0.462 e. The summed E-state index contributed by atoms with van der Waals surface area (Å²) in [6, 6.07) is 9.33. The molecule has 1 aromatic heterocycles. The van der Waals surface area contributed by atoms with Crippen LogP contribution in [0.2, 0.25) is 4.34 Å². The molecule has 9 heteroatoms. The fourth-order valence-corrected chi connectivity index (χ4v) is 5.00. The molecule has 0 unspecified atom stereocenters. The van der Waals surface area contributed by atoms with Gasteiger partial charge >= 0.3 is 5.97 Å². The average molecular weight is 478 g/mol. The number of hydrogen-bond acceptors (Lipinski definition) is 6. The van der Waals surface area contributed by atoms with Crippen LogP contribution in [0.25, 0.3) is 11.1 Å². The Morgan fingerprint density at radius 2 is 1.78 bits per heavy atom. The Kier molecular flexibility index (Phi) is 8.28. The zero-order valence-electron chi connectivity index (χ0n) is 18.5. The van der Waals surface area contributed by atoms with Gasteiger partial charge in [0, 0.05) is 37.7 Å². The Balaban J connectivity index is 1.72. The number of piperazine rings is 1. The number of hydrogen-bond donors (Lipinski definition) is 1. The number of anilines is 1. The summed E-state index contributed by atoms with van der Waals surface area (Å²) >= 11 is 7.64. The third-order valence-corrected chi connectivity index (χ3v) is 6.52. The van der Waals surface area contributed by atoms with Crippen molar-refractivity contribution in [3.05, 3.63) is 40.2 Å². The zero-order valence-corrected chi connectivity index (χ0v) is 20.1. The van der Waals surface area contributed by atoms with Gasteiger partial charge < -0.3 is 15.0 Å². The van der Waals surface area contributed by atoms with E-state index in [0.29, 0.717) is 41.1 Å². The van der Waals surface area contributed by atoms with Crippen molar-refractivity contribution in [3.63, 3.8) is 0 Å². The van der Waals surface area contributed by atoms with E-state index in [2.05, 4.69) is 5.32 Å². The summed E-state index contributed by atoms with van der Waals surface area (Å²) in [7, 11) is 0. The minimum atomic E-state index is -0.523. The molecule has 2 heterocycles. The maximum absolute atomic E-state index is 12.8. The Hall–Kier alpha value is -2.42. The standard InChI is InChI=1S/C23H28ClN3O4S/c1-4-31-23(30)19-18(16-8-6-5-7-9-16)20(24)32-21(19)25-17(28)14-26-10-12-27(13-11-26)22(29)15(2)3/h5-9,15H,4,10-14H2,1-3H3,(H,25,28). The first-order valence-corrected chi connectivity index (χ1v) is 11.9. The molecule has 1 aromatic carbocycles. The maximum Gasteiger partial charge on any atom is 0.341 e. The van der Waals surface area contributed by atoms with E-state index >= 15 is 0 Å². The lowest BCUT2D eigenvalue weighted by molar-refractivity contribution is -0.136. The summed E-state index contributed by atoms with van der Waals surface area (Å²) in [6.07, 6.45) is 0. The molecular formula is C23H28ClN3O4S.